The van der Waals surface area contributed by atoms with E-state index in [2.05, 4.69) is 25.0 Å². The number of pyridine rings is 1. The first-order valence-corrected chi connectivity index (χ1v) is 11.9. The van der Waals surface area contributed by atoms with Gasteiger partial charge >= 0.3 is 0 Å². The number of hydrogen-bond donors (Lipinski definition) is 3. The van der Waals surface area contributed by atoms with Gasteiger partial charge in [-0.2, -0.15) is 0 Å². The van der Waals surface area contributed by atoms with E-state index in [0.29, 0.717) is 46.2 Å². The predicted octanol–water partition coefficient (Wildman–Crippen LogP) is 3.81. The molecule has 0 aliphatic heterocycles. The van der Waals surface area contributed by atoms with Gasteiger partial charge < -0.3 is 10.1 Å². The van der Waals surface area contributed by atoms with Gasteiger partial charge in [0.05, 0.1) is 18.0 Å². The van der Waals surface area contributed by atoms with Gasteiger partial charge in [0.25, 0.3) is 15.6 Å². The second kappa shape index (κ2) is 9.29. The van der Waals surface area contributed by atoms with Gasteiger partial charge in [-0.1, -0.05) is 0 Å². The maximum Gasteiger partial charge on any atom is 0.264 e. The second-order valence-electron chi connectivity index (χ2n) is 7.60. The topological polar surface area (TPSA) is 126 Å². The zero-order valence-corrected chi connectivity index (χ0v) is 19.8. The summed E-state index contributed by atoms with van der Waals surface area (Å²) >= 11 is 0. The number of anilines is 2. The number of ether oxygens (including phenoxy) is 1. The number of fused-ring (bicyclic) bond motifs is 1. The fraction of sp³-hybridized carbons (Fsp3) is 0.174. The van der Waals surface area contributed by atoms with Crippen LogP contribution in [0.1, 0.15) is 12.5 Å². The molecule has 2 aromatic carbocycles. The van der Waals surface area contributed by atoms with E-state index in [1.54, 1.807) is 19.1 Å². The van der Waals surface area contributed by atoms with Crippen LogP contribution in [0.25, 0.3) is 22.0 Å². The average molecular weight is 502 g/mol. The molecule has 0 amide bonds. The Balaban J connectivity index is 1.79. The summed E-state index contributed by atoms with van der Waals surface area (Å²) < 4.78 is 60.4. The van der Waals surface area contributed by atoms with E-state index in [0.717, 1.165) is 12.1 Å². The summed E-state index contributed by atoms with van der Waals surface area (Å²) in [4.78, 5) is 23.2. The van der Waals surface area contributed by atoms with E-state index in [4.69, 9.17) is 4.74 Å². The van der Waals surface area contributed by atoms with E-state index in [9.17, 15) is 22.0 Å². The van der Waals surface area contributed by atoms with Crippen LogP contribution >= 0.6 is 0 Å². The SMILES string of the molecule is CCNc1nc2c(C)cc(-c3cnc(OC)c(NS(=O)(=O)c4ccc(F)cc4F)c3)cc2c(=O)[nH]1. The Labute approximate surface area is 199 Å². The normalized spacial score (nSPS) is 11.5. The number of nitrogens with one attached hydrogen (secondary N) is 3. The predicted molar refractivity (Wildman–Crippen MR) is 128 cm³/mol. The molecule has 0 saturated heterocycles. The molecule has 4 aromatic rings. The fourth-order valence-corrected chi connectivity index (χ4v) is 4.68. The van der Waals surface area contributed by atoms with Crippen molar-refractivity contribution in [3.63, 3.8) is 0 Å². The molecule has 0 bridgehead atoms. The second-order valence-corrected chi connectivity index (χ2v) is 9.25. The quantitative estimate of drug-likeness (QED) is 0.352. The molecule has 4 rings (SSSR count). The molecule has 12 heteroatoms. The Morgan fingerprint density at radius 3 is 2.57 bits per heavy atom. The molecule has 0 unspecified atom stereocenters. The van der Waals surface area contributed by atoms with Crippen LogP contribution in [0, 0.1) is 18.6 Å². The average Bonchev–Trinajstić information content (AvgIpc) is 2.79. The van der Waals surface area contributed by atoms with Gasteiger partial charge in [0.15, 0.2) is 0 Å². The van der Waals surface area contributed by atoms with Crippen LogP contribution in [-0.2, 0) is 10.0 Å². The molecule has 2 aromatic heterocycles. The molecule has 0 saturated carbocycles. The minimum atomic E-state index is -4.44. The number of H-pyrrole nitrogens is 1. The largest absolute Gasteiger partial charge is 0.480 e. The third-order valence-electron chi connectivity index (χ3n) is 5.15. The molecule has 0 atom stereocenters. The third kappa shape index (κ3) is 4.78. The van der Waals surface area contributed by atoms with Gasteiger partial charge in [-0.05, 0) is 55.3 Å². The van der Waals surface area contributed by atoms with Crippen LogP contribution in [-0.4, -0.2) is 37.0 Å². The van der Waals surface area contributed by atoms with Crippen LogP contribution in [0.4, 0.5) is 20.4 Å². The number of hydrogen-bond acceptors (Lipinski definition) is 7. The summed E-state index contributed by atoms with van der Waals surface area (Å²) in [6.07, 6.45) is 1.45. The minimum absolute atomic E-state index is 0.0628. The van der Waals surface area contributed by atoms with Crippen molar-refractivity contribution in [3.8, 4) is 17.0 Å². The van der Waals surface area contributed by atoms with Crippen molar-refractivity contribution in [1.29, 1.82) is 0 Å². The third-order valence-corrected chi connectivity index (χ3v) is 6.55. The zero-order chi connectivity index (χ0) is 25.3. The molecular weight excluding hydrogens is 480 g/mol. The van der Waals surface area contributed by atoms with Crippen molar-refractivity contribution in [2.75, 3.05) is 23.7 Å². The van der Waals surface area contributed by atoms with Gasteiger partial charge in [-0.3, -0.25) is 14.5 Å². The lowest BCUT2D eigenvalue weighted by atomic mass is 10.0. The van der Waals surface area contributed by atoms with E-state index < -0.39 is 26.6 Å². The van der Waals surface area contributed by atoms with Crippen LogP contribution in [0.5, 0.6) is 5.88 Å². The Hall–Kier alpha value is -4.06. The number of rotatable bonds is 7. The molecule has 182 valence electrons. The molecule has 0 aliphatic carbocycles. The molecule has 2 heterocycles. The van der Waals surface area contributed by atoms with Crippen LogP contribution in [0.2, 0.25) is 0 Å². The first kappa shape index (κ1) is 24.1. The highest BCUT2D eigenvalue weighted by Gasteiger charge is 2.22. The van der Waals surface area contributed by atoms with E-state index >= 15 is 0 Å². The Morgan fingerprint density at radius 1 is 1.11 bits per heavy atom. The standard InChI is InChI=1S/C23H21F2N5O4S/c1-4-26-23-28-20-12(2)7-13(8-16(20)21(31)29-23)14-9-18(22(34-3)27-11-14)30-35(32,33)19-6-5-15(24)10-17(19)25/h5-11,30H,4H2,1-3H3,(H2,26,28,29,31). The van der Waals surface area contributed by atoms with Crippen molar-refractivity contribution < 1.29 is 21.9 Å². The lowest BCUT2D eigenvalue weighted by Gasteiger charge is -2.14. The summed E-state index contributed by atoms with van der Waals surface area (Å²) in [6.45, 7) is 4.27. The van der Waals surface area contributed by atoms with Crippen LogP contribution in [0.3, 0.4) is 0 Å². The van der Waals surface area contributed by atoms with E-state index in [1.165, 1.54) is 19.4 Å². The van der Waals surface area contributed by atoms with Crippen LogP contribution < -0.4 is 20.3 Å². The Kier molecular flexibility index (Phi) is 6.39. The molecule has 0 fully saturated rings. The number of benzene rings is 2. The maximum atomic E-state index is 14.1. The molecule has 9 nitrogen and oxygen atoms in total. The van der Waals surface area contributed by atoms with Gasteiger partial charge in [0.1, 0.15) is 22.2 Å². The van der Waals surface area contributed by atoms with Crippen molar-refractivity contribution >= 4 is 32.6 Å². The number of aromatic nitrogens is 3. The van der Waals surface area contributed by atoms with Crippen molar-refractivity contribution in [2.45, 2.75) is 18.7 Å². The summed E-state index contributed by atoms with van der Waals surface area (Å²) in [5.41, 5.74) is 1.85. The number of nitrogens with zero attached hydrogens (tertiary/aromatic N) is 2. The van der Waals surface area contributed by atoms with Crippen LogP contribution in [0.15, 0.2) is 52.3 Å². The Morgan fingerprint density at radius 2 is 1.89 bits per heavy atom. The van der Waals surface area contributed by atoms with Crippen molar-refractivity contribution in [1.82, 2.24) is 15.0 Å². The van der Waals surface area contributed by atoms with E-state index in [-0.39, 0.29) is 17.1 Å². The first-order valence-electron chi connectivity index (χ1n) is 10.4. The zero-order valence-electron chi connectivity index (χ0n) is 18.9. The highest BCUT2D eigenvalue weighted by Crippen LogP contribution is 2.32. The Bertz CT molecular complexity index is 1610. The first-order chi connectivity index (χ1) is 16.6. The minimum Gasteiger partial charge on any atom is -0.480 e. The fourth-order valence-electron chi connectivity index (χ4n) is 3.57. The number of halogens is 2. The van der Waals surface area contributed by atoms with Gasteiger partial charge in [-0.15, -0.1) is 0 Å². The lowest BCUT2D eigenvalue weighted by Crippen LogP contribution is -2.16. The molecule has 35 heavy (non-hydrogen) atoms. The van der Waals surface area contributed by atoms with Gasteiger partial charge in [0, 0.05) is 24.4 Å². The highest BCUT2D eigenvalue weighted by atomic mass is 32.2. The summed E-state index contributed by atoms with van der Waals surface area (Å²) in [7, 11) is -3.14. The molecule has 3 N–H and O–H groups in total. The molecular formula is C23H21F2N5O4S. The smallest absolute Gasteiger partial charge is 0.264 e. The summed E-state index contributed by atoms with van der Waals surface area (Å²) in [5.74, 6) is -1.85. The highest BCUT2D eigenvalue weighted by molar-refractivity contribution is 7.92. The number of aryl methyl sites for hydroxylation is 1. The van der Waals surface area contributed by atoms with Crippen molar-refractivity contribution in [3.05, 3.63) is 70.1 Å². The van der Waals surface area contributed by atoms with Crippen molar-refractivity contribution in [2.24, 2.45) is 0 Å². The monoisotopic (exact) mass is 501 g/mol. The maximum absolute atomic E-state index is 14.1. The molecule has 0 spiro atoms. The summed E-state index contributed by atoms with van der Waals surface area (Å²) in [5, 5.41) is 3.31. The molecule has 0 aliphatic rings. The lowest BCUT2D eigenvalue weighted by molar-refractivity contribution is 0.400. The van der Waals surface area contributed by atoms with Gasteiger partial charge in [-0.25, -0.2) is 27.2 Å². The summed E-state index contributed by atoms with van der Waals surface area (Å²) in [6, 6.07) is 6.99. The number of methoxy groups -OCH3 is 1. The number of aromatic amines is 1. The molecule has 0 radical (unpaired) electrons. The number of sulfonamides is 1. The van der Waals surface area contributed by atoms with E-state index in [1.807, 2.05) is 6.92 Å². The van der Waals surface area contributed by atoms with Gasteiger partial charge in [0.2, 0.25) is 11.8 Å².